The Balaban J connectivity index is 2.07. The molecule has 0 aliphatic rings. The predicted octanol–water partition coefficient (Wildman–Crippen LogP) is 4.02. The number of carbonyl (C=O) groups excluding carboxylic acids is 2. The molecule has 2 amide bonds. The molecule has 2 rings (SSSR count). The van der Waals surface area contributed by atoms with E-state index in [4.69, 9.17) is 0 Å². The summed E-state index contributed by atoms with van der Waals surface area (Å²) in [7, 11) is 1.77. The highest BCUT2D eigenvalue weighted by molar-refractivity contribution is 9.10. The second-order valence-electron chi connectivity index (χ2n) is 5.61. The highest BCUT2D eigenvalue weighted by atomic mass is 79.9. The van der Waals surface area contributed by atoms with Gasteiger partial charge in [0.05, 0.1) is 5.56 Å². The first-order valence-electron chi connectivity index (χ1n) is 7.83. The summed E-state index contributed by atoms with van der Waals surface area (Å²) in [4.78, 5) is 27.1. The highest BCUT2D eigenvalue weighted by Crippen LogP contribution is 2.17. The van der Waals surface area contributed by atoms with Crippen molar-refractivity contribution in [2.75, 3.05) is 19.1 Å². The normalized spacial score (nSPS) is 11.8. The fourth-order valence-electron chi connectivity index (χ4n) is 2.37. The summed E-state index contributed by atoms with van der Waals surface area (Å²) >= 11 is 6.66. The molecule has 0 saturated heterocycles. The molecule has 1 atom stereocenters. The van der Waals surface area contributed by atoms with E-state index in [1.807, 2.05) is 35.2 Å². The number of thioether (sulfide) groups is 1. The van der Waals surface area contributed by atoms with Gasteiger partial charge >= 0.3 is 0 Å². The number of halogens is 1. The molecule has 0 bridgehead atoms. The van der Waals surface area contributed by atoms with Crippen molar-refractivity contribution >= 4 is 50.8 Å². The van der Waals surface area contributed by atoms with Crippen LogP contribution in [0.5, 0.6) is 0 Å². The van der Waals surface area contributed by atoms with Crippen molar-refractivity contribution < 1.29 is 9.59 Å². The van der Waals surface area contributed by atoms with Crippen LogP contribution in [-0.2, 0) is 11.3 Å². The van der Waals surface area contributed by atoms with Gasteiger partial charge in [0.15, 0.2) is 0 Å². The Hall–Kier alpha value is -1.31. The van der Waals surface area contributed by atoms with Crippen LogP contribution in [0, 0.1) is 0 Å². The standard InChI is InChI=1S/C18H21BrN2O2S2/c1-21(11-13-7-10-25-12-13)18(23)16(8-9-24-2)20-17(22)14-5-3-4-6-15(14)19/h3-7,10,12,16H,8-9,11H2,1-2H3,(H,20,22)/t16-/m1/s1. The van der Waals surface area contributed by atoms with Gasteiger partial charge in [-0.25, -0.2) is 0 Å². The lowest BCUT2D eigenvalue weighted by Gasteiger charge is -2.24. The summed E-state index contributed by atoms with van der Waals surface area (Å²) in [6, 6.07) is 8.69. The maximum atomic E-state index is 12.8. The van der Waals surface area contributed by atoms with E-state index in [2.05, 4.69) is 21.2 Å². The van der Waals surface area contributed by atoms with E-state index in [0.29, 0.717) is 18.5 Å². The topological polar surface area (TPSA) is 49.4 Å². The van der Waals surface area contributed by atoms with Crippen molar-refractivity contribution in [3.05, 3.63) is 56.7 Å². The first-order chi connectivity index (χ1) is 12.0. The molecule has 0 radical (unpaired) electrons. The number of likely N-dealkylation sites (N-methyl/N-ethyl adjacent to an activating group) is 1. The Morgan fingerprint density at radius 2 is 2.08 bits per heavy atom. The first-order valence-corrected chi connectivity index (χ1v) is 11.0. The molecule has 0 aliphatic heterocycles. The molecule has 7 heteroatoms. The summed E-state index contributed by atoms with van der Waals surface area (Å²) in [6.07, 6.45) is 2.59. The summed E-state index contributed by atoms with van der Waals surface area (Å²) in [5.41, 5.74) is 1.63. The number of benzene rings is 1. The Labute approximate surface area is 165 Å². The number of nitrogens with one attached hydrogen (secondary N) is 1. The maximum absolute atomic E-state index is 12.8. The molecule has 0 unspecified atom stereocenters. The van der Waals surface area contributed by atoms with Crippen molar-refractivity contribution in [2.45, 2.75) is 19.0 Å². The van der Waals surface area contributed by atoms with Crippen LogP contribution in [-0.4, -0.2) is 41.8 Å². The quantitative estimate of drug-likeness (QED) is 0.673. The minimum absolute atomic E-state index is 0.0688. The zero-order chi connectivity index (χ0) is 18.2. The fraction of sp³-hybridized carbons (Fsp3) is 0.333. The minimum Gasteiger partial charge on any atom is -0.340 e. The number of rotatable bonds is 8. The van der Waals surface area contributed by atoms with E-state index in [0.717, 1.165) is 15.8 Å². The van der Waals surface area contributed by atoms with Gasteiger partial charge in [-0.05, 0) is 68.9 Å². The number of amides is 2. The third-order valence-electron chi connectivity index (χ3n) is 3.71. The van der Waals surface area contributed by atoms with Gasteiger partial charge < -0.3 is 10.2 Å². The van der Waals surface area contributed by atoms with E-state index in [1.165, 1.54) is 0 Å². The molecule has 0 spiro atoms. The minimum atomic E-state index is -0.532. The van der Waals surface area contributed by atoms with Gasteiger partial charge in [0.1, 0.15) is 6.04 Å². The van der Waals surface area contributed by atoms with Crippen LogP contribution >= 0.6 is 39.0 Å². The number of carbonyl (C=O) groups is 2. The van der Waals surface area contributed by atoms with E-state index >= 15 is 0 Å². The van der Waals surface area contributed by atoms with Gasteiger partial charge in [-0.15, -0.1) is 0 Å². The molecule has 0 aliphatic carbocycles. The Bertz CT molecular complexity index is 707. The van der Waals surface area contributed by atoms with Gasteiger partial charge in [-0.3, -0.25) is 9.59 Å². The number of thiophene rings is 1. The average molecular weight is 441 g/mol. The number of nitrogens with zero attached hydrogens (tertiary/aromatic N) is 1. The molecule has 0 fully saturated rings. The van der Waals surface area contributed by atoms with Gasteiger partial charge in [0.25, 0.3) is 5.91 Å². The van der Waals surface area contributed by atoms with E-state index < -0.39 is 6.04 Å². The molecular formula is C18H21BrN2O2S2. The van der Waals surface area contributed by atoms with Gasteiger partial charge in [0, 0.05) is 18.1 Å². The number of hydrogen-bond acceptors (Lipinski definition) is 4. The lowest BCUT2D eigenvalue weighted by Crippen LogP contribution is -2.47. The maximum Gasteiger partial charge on any atom is 0.253 e. The molecule has 1 aromatic carbocycles. The molecule has 0 saturated carbocycles. The second-order valence-corrected chi connectivity index (χ2v) is 8.23. The summed E-state index contributed by atoms with van der Waals surface area (Å²) < 4.78 is 0.718. The van der Waals surface area contributed by atoms with Crippen molar-refractivity contribution in [2.24, 2.45) is 0 Å². The van der Waals surface area contributed by atoms with Crippen LogP contribution in [0.1, 0.15) is 22.3 Å². The molecule has 1 aromatic heterocycles. The van der Waals surface area contributed by atoms with Crippen LogP contribution in [0.25, 0.3) is 0 Å². The van der Waals surface area contributed by atoms with Crippen molar-refractivity contribution in [3.63, 3.8) is 0 Å². The van der Waals surface area contributed by atoms with Crippen molar-refractivity contribution in [1.29, 1.82) is 0 Å². The summed E-state index contributed by atoms with van der Waals surface area (Å²) in [5, 5.41) is 6.92. The zero-order valence-electron chi connectivity index (χ0n) is 14.2. The molecule has 4 nitrogen and oxygen atoms in total. The zero-order valence-corrected chi connectivity index (χ0v) is 17.4. The van der Waals surface area contributed by atoms with E-state index in [-0.39, 0.29) is 11.8 Å². The molecule has 134 valence electrons. The molecule has 1 N–H and O–H groups in total. The van der Waals surface area contributed by atoms with Crippen LogP contribution in [0.15, 0.2) is 45.6 Å². The van der Waals surface area contributed by atoms with Gasteiger partial charge in [-0.2, -0.15) is 23.1 Å². The summed E-state index contributed by atoms with van der Waals surface area (Å²) in [5.74, 6) is 0.496. The van der Waals surface area contributed by atoms with Crippen molar-refractivity contribution in [3.8, 4) is 0 Å². The average Bonchev–Trinajstić information content (AvgIpc) is 3.11. The third kappa shape index (κ3) is 5.87. The van der Waals surface area contributed by atoms with E-state index in [9.17, 15) is 9.59 Å². The predicted molar refractivity (Wildman–Crippen MR) is 109 cm³/mol. The van der Waals surface area contributed by atoms with Crippen LogP contribution in [0.4, 0.5) is 0 Å². The van der Waals surface area contributed by atoms with Gasteiger partial charge in [0.2, 0.25) is 5.91 Å². The van der Waals surface area contributed by atoms with E-state index in [1.54, 1.807) is 47.2 Å². The third-order valence-corrected chi connectivity index (χ3v) is 5.78. The lowest BCUT2D eigenvalue weighted by molar-refractivity contribution is -0.132. The largest absolute Gasteiger partial charge is 0.340 e. The first kappa shape index (κ1) is 20.0. The van der Waals surface area contributed by atoms with Crippen LogP contribution in [0.2, 0.25) is 0 Å². The highest BCUT2D eigenvalue weighted by Gasteiger charge is 2.25. The monoisotopic (exact) mass is 440 g/mol. The second kappa shape index (κ2) is 9.99. The molecule has 1 heterocycles. The molecular weight excluding hydrogens is 420 g/mol. The van der Waals surface area contributed by atoms with Crippen molar-refractivity contribution in [1.82, 2.24) is 10.2 Å². The summed E-state index contributed by atoms with van der Waals surface area (Å²) in [6.45, 7) is 0.545. The number of hydrogen-bond donors (Lipinski definition) is 1. The Kier molecular flexibility index (Phi) is 7.99. The smallest absolute Gasteiger partial charge is 0.253 e. The Morgan fingerprint density at radius 1 is 1.32 bits per heavy atom. The fourth-order valence-corrected chi connectivity index (χ4v) is 3.97. The van der Waals surface area contributed by atoms with Crippen LogP contribution < -0.4 is 5.32 Å². The lowest BCUT2D eigenvalue weighted by atomic mass is 10.1. The Morgan fingerprint density at radius 3 is 2.72 bits per heavy atom. The SMILES string of the molecule is CSCC[C@@H](NC(=O)c1ccccc1Br)C(=O)N(C)Cc1ccsc1. The molecule has 2 aromatic rings. The van der Waals surface area contributed by atoms with Crippen LogP contribution in [0.3, 0.4) is 0 Å². The van der Waals surface area contributed by atoms with Gasteiger partial charge in [-0.1, -0.05) is 12.1 Å². The molecule has 25 heavy (non-hydrogen) atoms.